The fourth-order valence-corrected chi connectivity index (χ4v) is 3.13. The molecular weight excluding hydrogens is 386 g/mol. The lowest BCUT2D eigenvalue weighted by Crippen LogP contribution is -2.31. The number of amides is 2. The quantitative estimate of drug-likeness (QED) is 0.359. The van der Waals surface area contributed by atoms with Gasteiger partial charge in [-0.05, 0) is 43.2 Å². The first-order valence-corrected chi connectivity index (χ1v) is 9.59. The third-order valence-electron chi connectivity index (χ3n) is 4.56. The number of hydrogen-bond donors (Lipinski definition) is 0. The molecule has 0 unspecified atom stereocenters. The Labute approximate surface area is 174 Å². The molecule has 2 aromatic rings. The van der Waals surface area contributed by atoms with E-state index in [0.29, 0.717) is 29.0 Å². The van der Waals surface area contributed by atoms with Crippen molar-refractivity contribution in [2.75, 3.05) is 26.9 Å². The predicted octanol–water partition coefficient (Wildman–Crippen LogP) is 3.34. The number of carbonyl (C=O) groups excluding carboxylic acids is 3. The van der Waals surface area contributed by atoms with Crippen molar-refractivity contribution in [2.45, 2.75) is 13.3 Å². The molecule has 7 heteroatoms. The van der Waals surface area contributed by atoms with E-state index in [1.807, 2.05) is 31.2 Å². The van der Waals surface area contributed by atoms with Crippen LogP contribution in [0.2, 0.25) is 0 Å². The number of nitrogens with zero attached hydrogens (tertiary/aromatic N) is 1. The number of esters is 1. The van der Waals surface area contributed by atoms with Crippen LogP contribution in [-0.4, -0.2) is 49.6 Å². The topological polar surface area (TPSA) is 82.1 Å². The Morgan fingerprint density at radius 3 is 2.37 bits per heavy atom. The summed E-state index contributed by atoms with van der Waals surface area (Å²) in [7, 11) is 1.53. The van der Waals surface area contributed by atoms with Gasteiger partial charge in [0.05, 0.1) is 24.8 Å². The van der Waals surface area contributed by atoms with Crippen molar-refractivity contribution < 1.29 is 28.6 Å². The van der Waals surface area contributed by atoms with Gasteiger partial charge in [-0.1, -0.05) is 30.4 Å². The molecule has 2 aromatic carbocycles. The summed E-state index contributed by atoms with van der Waals surface area (Å²) in [4.78, 5) is 37.7. The molecular formula is C23H23NO6. The maximum Gasteiger partial charge on any atom is 0.344 e. The molecule has 0 aliphatic carbocycles. The minimum absolute atomic E-state index is 0.0764. The van der Waals surface area contributed by atoms with Crippen LogP contribution in [0.4, 0.5) is 0 Å². The van der Waals surface area contributed by atoms with Crippen molar-refractivity contribution >= 4 is 23.9 Å². The smallest absolute Gasteiger partial charge is 0.344 e. The van der Waals surface area contributed by atoms with Gasteiger partial charge in [0.2, 0.25) is 0 Å². The highest BCUT2D eigenvalue weighted by atomic mass is 16.6. The number of benzene rings is 2. The van der Waals surface area contributed by atoms with Crippen LogP contribution < -0.4 is 9.47 Å². The summed E-state index contributed by atoms with van der Waals surface area (Å²) in [5, 5.41) is 0. The van der Waals surface area contributed by atoms with Gasteiger partial charge in [0, 0.05) is 6.54 Å². The average molecular weight is 409 g/mol. The summed E-state index contributed by atoms with van der Waals surface area (Å²) in [6.45, 7) is 1.90. The molecule has 0 saturated heterocycles. The zero-order valence-corrected chi connectivity index (χ0v) is 16.9. The second-order valence-electron chi connectivity index (χ2n) is 6.58. The number of methoxy groups -OCH3 is 1. The van der Waals surface area contributed by atoms with E-state index >= 15 is 0 Å². The standard InChI is InChI=1S/C23H23NO6/c1-3-7-16-10-11-19(20(14-16)28-2)30-15-21(25)29-13-6-12-24-22(26)17-8-4-5-9-18(17)23(24)27/h3-5,7-11,14H,6,12-13,15H2,1-2H3/b7-3+. The van der Waals surface area contributed by atoms with Crippen LogP contribution in [0.1, 0.15) is 39.6 Å². The summed E-state index contributed by atoms with van der Waals surface area (Å²) >= 11 is 0. The molecule has 2 amide bonds. The highest BCUT2D eigenvalue weighted by Crippen LogP contribution is 2.28. The number of hydrogen-bond acceptors (Lipinski definition) is 6. The highest BCUT2D eigenvalue weighted by Gasteiger charge is 2.34. The van der Waals surface area contributed by atoms with Crippen LogP contribution in [0, 0.1) is 0 Å². The Hall–Kier alpha value is -3.61. The molecule has 0 atom stereocenters. The van der Waals surface area contributed by atoms with Gasteiger partial charge in [0.15, 0.2) is 18.1 Å². The summed E-state index contributed by atoms with van der Waals surface area (Å²) in [6.07, 6.45) is 4.18. The minimum Gasteiger partial charge on any atom is -0.493 e. The van der Waals surface area contributed by atoms with Crippen LogP contribution in [0.3, 0.4) is 0 Å². The van der Waals surface area contributed by atoms with Gasteiger partial charge in [-0.2, -0.15) is 0 Å². The lowest BCUT2D eigenvalue weighted by Gasteiger charge is -2.14. The zero-order valence-electron chi connectivity index (χ0n) is 16.9. The molecule has 0 N–H and O–H groups in total. The van der Waals surface area contributed by atoms with E-state index in [0.717, 1.165) is 5.56 Å². The van der Waals surface area contributed by atoms with E-state index < -0.39 is 5.97 Å². The van der Waals surface area contributed by atoms with E-state index in [2.05, 4.69) is 0 Å². The Morgan fingerprint density at radius 2 is 1.73 bits per heavy atom. The van der Waals surface area contributed by atoms with Gasteiger partial charge in [-0.3, -0.25) is 14.5 Å². The molecule has 7 nitrogen and oxygen atoms in total. The summed E-state index contributed by atoms with van der Waals surface area (Å²) in [5.41, 5.74) is 1.77. The first-order valence-electron chi connectivity index (χ1n) is 9.59. The monoisotopic (exact) mass is 409 g/mol. The zero-order chi connectivity index (χ0) is 21.5. The van der Waals surface area contributed by atoms with Crippen LogP contribution in [0.25, 0.3) is 6.08 Å². The third kappa shape index (κ3) is 4.68. The molecule has 0 fully saturated rings. The van der Waals surface area contributed by atoms with Gasteiger partial charge in [-0.25, -0.2) is 4.79 Å². The van der Waals surface area contributed by atoms with Crippen molar-refractivity contribution in [3.05, 3.63) is 65.2 Å². The molecule has 1 aliphatic heterocycles. The molecule has 3 rings (SSSR count). The van der Waals surface area contributed by atoms with E-state index in [9.17, 15) is 14.4 Å². The summed E-state index contributed by atoms with van der Waals surface area (Å²) in [6, 6.07) is 12.1. The lowest BCUT2D eigenvalue weighted by molar-refractivity contribution is -0.146. The van der Waals surface area contributed by atoms with Crippen LogP contribution in [0.5, 0.6) is 11.5 Å². The molecule has 0 saturated carbocycles. The Balaban J connectivity index is 1.43. The SMILES string of the molecule is C/C=C/c1ccc(OCC(=O)OCCCN2C(=O)c3ccccc3C2=O)c(OC)c1. The number of rotatable bonds is 9. The predicted molar refractivity (Wildman–Crippen MR) is 111 cm³/mol. The minimum atomic E-state index is -0.544. The lowest BCUT2D eigenvalue weighted by atomic mass is 10.1. The van der Waals surface area contributed by atoms with E-state index in [1.165, 1.54) is 12.0 Å². The molecule has 156 valence electrons. The van der Waals surface area contributed by atoms with Gasteiger partial charge in [0.25, 0.3) is 11.8 Å². The molecule has 0 aromatic heterocycles. The number of allylic oxidation sites excluding steroid dienone is 1. The van der Waals surface area contributed by atoms with Gasteiger partial charge >= 0.3 is 5.97 Å². The molecule has 1 aliphatic rings. The molecule has 30 heavy (non-hydrogen) atoms. The summed E-state index contributed by atoms with van der Waals surface area (Å²) < 4.78 is 15.9. The molecule has 0 radical (unpaired) electrons. The molecule has 1 heterocycles. The average Bonchev–Trinajstić information content (AvgIpc) is 3.00. The maximum absolute atomic E-state index is 12.3. The number of carbonyl (C=O) groups is 3. The largest absolute Gasteiger partial charge is 0.493 e. The third-order valence-corrected chi connectivity index (χ3v) is 4.56. The van der Waals surface area contributed by atoms with Crippen molar-refractivity contribution in [1.82, 2.24) is 4.90 Å². The number of fused-ring (bicyclic) bond motifs is 1. The number of imide groups is 1. The second kappa shape index (κ2) is 9.73. The molecule has 0 spiro atoms. The Morgan fingerprint density at radius 1 is 1.03 bits per heavy atom. The fourth-order valence-electron chi connectivity index (χ4n) is 3.13. The van der Waals surface area contributed by atoms with Gasteiger partial charge in [0.1, 0.15) is 0 Å². The van der Waals surface area contributed by atoms with Gasteiger partial charge in [-0.15, -0.1) is 0 Å². The van der Waals surface area contributed by atoms with E-state index in [-0.39, 0.29) is 31.6 Å². The second-order valence-corrected chi connectivity index (χ2v) is 6.58. The van der Waals surface area contributed by atoms with Crippen molar-refractivity contribution in [1.29, 1.82) is 0 Å². The highest BCUT2D eigenvalue weighted by molar-refractivity contribution is 6.21. The van der Waals surface area contributed by atoms with Gasteiger partial charge < -0.3 is 14.2 Å². The van der Waals surface area contributed by atoms with Crippen LogP contribution in [-0.2, 0) is 9.53 Å². The van der Waals surface area contributed by atoms with Crippen molar-refractivity contribution in [3.8, 4) is 11.5 Å². The summed E-state index contributed by atoms with van der Waals surface area (Å²) in [5.74, 6) is -0.230. The van der Waals surface area contributed by atoms with E-state index in [4.69, 9.17) is 14.2 Å². The van der Waals surface area contributed by atoms with Crippen LogP contribution in [0.15, 0.2) is 48.5 Å². The van der Waals surface area contributed by atoms with Crippen LogP contribution >= 0.6 is 0 Å². The normalized spacial score (nSPS) is 12.9. The Bertz CT molecular complexity index is 946. The Kier molecular flexibility index (Phi) is 6.85. The van der Waals surface area contributed by atoms with Crippen molar-refractivity contribution in [2.24, 2.45) is 0 Å². The number of ether oxygens (including phenoxy) is 3. The maximum atomic E-state index is 12.3. The first kappa shape index (κ1) is 21.1. The van der Waals surface area contributed by atoms with Crippen molar-refractivity contribution in [3.63, 3.8) is 0 Å². The van der Waals surface area contributed by atoms with E-state index in [1.54, 1.807) is 30.3 Å². The first-order chi connectivity index (χ1) is 14.5. The fraction of sp³-hybridized carbons (Fsp3) is 0.261. The molecule has 0 bridgehead atoms.